The van der Waals surface area contributed by atoms with Crippen molar-refractivity contribution in [2.24, 2.45) is 0 Å². The predicted molar refractivity (Wildman–Crippen MR) is 96.4 cm³/mol. The van der Waals surface area contributed by atoms with E-state index >= 15 is 0 Å². The van der Waals surface area contributed by atoms with E-state index in [9.17, 15) is 14.7 Å². The van der Waals surface area contributed by atoms with Gasteiger partial charge in [-0.3, -0.25) is 14.6 Å². The lowest BCUT2D eigenvalue weighted by molar-refractivity contribution is 0.0726. The van der Waals surface area contributed by atoms with Gasteiger partial charge in [0.2, 0.25) is 0 Å². The van der Waals surface area contributed by atoms with Crippen molar-refractivity contribution in [3.63, 3.8) is 0 Å². The van der Waals surface area contributed by atoms with Crippen LogP contribution in [-0.4, -0.2) is 44.0 Å². The maximum absolute atomic E-state index is 12.7. The highest BCUT2D eigenvalue weighted by Gasteiger charge is 2.24. The molecule has 136 valence electrons. The van der Waals surface area contributed by atoms with E-state index in [-0.39, 0.29) is 36.1 Å². The van der Waals surface area contributed by atoms with Crippen LogP contribution < -0.4 is 10.3 Å². The van der Waals surface area contributed by atoms with Crippen LogP contribution in [0.5, 0.6) is 11.5 Å². The first-order valence-electron chi connectivity index (χ1n) is 8.35. The smallest absolute Gasteiger partial charge is 0.274 e. The van der Waals surface area contributed by atoms with Gasteiger partial charge in [-0.2, -0.15) is 0 Å². The maximum atomic E-state index is 12.7. The number of phenolic OH excluding ortho intramolecular Hbond substituents is 1. The standard InChI is InChI=1S/C19H16N4O4/c24-16-7-13(12-2-1-3-20-8-12)6-14-11-23(4-5-27-18(14)16)19(26)15-9-22-17(25)10-21-15/h1-3,6-10,24H,4-5,11H2,(H,22,25). The maximum Gasteiger partial charge on any atom is 0.274 e. The van der Waals surface area contributed by atoms with Crippen molar-refractivity contribution in [3.8, 4) is 22.6 Å². The molecule has 0 unspecified atom stereocenters. The lowest BCUT2D eigenvalue weighted by atomic mass is 10.0. The minimum atomic E-state index is -0.373. The fraction of sp³-hybridized carbons (Fsp3) is 0.158. The molecule has 3 heterocycles. The third-order valence-electron chi connectivity index (χ3n) is 4.29. The molecule has 1 amide bonds. The first-order valence-corrected chi connectivity index (χ1v) is 8.35. The zero-order valence-corrected chi connectivity index (χ0v) is 14.3. The molecule has 8 nitrogen and oxygen atoms in total. The molecule has 0 spiro atoms. The molecule has 0 radical (unpaired) electrons. The molecule has 0 atom stereocenters. The van der Waals surface area contributed by atoms with Crippen molar-refractivity contribution < 1.29 is 14.6 Å². The van der Waals surface area contributed by atoms with E-state index in [0.717, 1.165) is 17.3 Å². The molecule has 2 aromatic heterocycles. The predicted octanol–water partition coefficient (Wildman–Crippen LogP) is 1.57. The molecule has 0 saturated heterocycles. The Morgan fingerprint density at radius 1 is 1.26 bits per heavy atom. The van der Waals surface area contributed by atoms with Gasteiger partial charge in [-0.1, -0.05) is 6.07 Å². The van der Waals surface area contributed by atoms with Crippen LogP contribution in [0.4, 0.5) is 0 Å². The van der Waals surface area contributed by atoms with Crippen molar-refractivity contribution in [3.05, 3.63) is 70.7 Å². The number of carbonyl (C=O) groups excluding carboxylic acids is 1. The molecule has 1 aliphatic heterocycles. The van der Waals surface area contributed by atoms with Crippen LogP contribution in [0.3, 0.4) is 0 Å². The molecule has 1 aromatic carbocycles. The number of aromatic hydroxyl groups is 1. The molecular weight excluding hydrogens is 348 g/mol. The van der Waals surface area contributed by atoms with Crippen molar-refractivity contribution >= 4 is 5.91 Å². The van der Waals surface area contributed by atoms with Gasteiger partial charge in [-0.15, -0.1) is 0 Å². The van der Waals surface area contributed by atoms with E-state index in [1.54, 1.807) is 23.4 Å². The Balaban J connectivity index is 1.68. The number of hydrogen-bond donors (Lipinski definition) is 2. The van der Waals surface area contributed by atoms with E-state index in [2.05, 4.69) is 15.0 Å². The summed E-state index contributed by atoms with van der Waals surface area (Å²) < 4.78 is 5.67. The first-order chi connectivity index (χ1) is 13.1. The van der Waals surface area contributed by atoms with E-state index in [4.69, 9.17) is 4.74 Å². The summed E-state index contributed by atoms with van der Waals surface area (Å²) >= 11 is 0. The highest BCUT2D eigenvalue weighted by atomic mass is 16.5. The number of nitrogens with one attached hydrogen (secondary N) is 1. The summed E-state index contributed by atoms with van der Waals surface area (Å²) in [5.74, 6) is 0.0594. The third-order valence-corrected chi connectivity index (χ3v) is 4.29. The van der Waals surface area contributed by atoms with Gasteiger partial charge >= 0.3 is 0 Å². The van der Waals surface area contributed by atoms with Crippen LogP contribution in [0, 0.1) is 0 Å². The van der Waals surface area contributed by atoms with Crippen LogP contribution in [0.15, 0.2) is 53.8 Å². The van der Waals surface area contributed by atoms with Gasteiger partial charge < -0.3 is 19.7 Å². The molecule has 0 bridgehead atoms. The Morgan fingerprint density at radius 3 is 2.89 bits per heavy atom. The first kappa shape index (κ1) is 16.8. The number of phenols is 1. The summed E-state index contributed by atoms with van der Waals surface area (Å²) in [5, 5.41) is 10.4. The number of pyridine rings is 1. The van der Waals surface area contributed by atoms with Gasteiger partial charge in [0.15, 0.2) is 11.5 Å². The molecule has 2 N–H and O–H groups in total. The minimum Gasteiger partial charge on any atom is -0.504 e. The second-order valence-electron chi connectivity index (χ2n) is 6.10. The van der Waals surface area contributed by atoms with Crippen LogP contribution >= 0.6 is 0 Å². The summed E-state index contributed by atoms with van der Waals surface area (Å²) in [6, 6.07) is 7.19. The number of carbonyl (C=O) groups is 1. The number of nitrogens with zero attached hydrogens (tertiary/aromatic N) is 3. The molecule has 0 saturated carbocycles. The fourth-order valence-electron chi connectivity index (χ4n) is 2.99. The Morgan fingerprint density at radius 2 is 2.15 bits per heavy atom. The van der Waals surface area contributed by atoms with Gasteiger partial charge in [0.05, 0.1) is 12.7 Å². The van der Waals surface area contributed by atoms with Crippen molar-refractivity contribution in [1.29, 1.82) is 0 Å². The molecule has 27 heavy (non-hydrogen) atoms. The lowest BCUT2D eigenvalue weighted by Gasteiger charge is -2.19. The summed E-state index contributed by atoms with van der Waals surface area (Å²) in [4.78, 5) is 35.9. The van der Waals surface area contributed by atoms with Crippen molar-refractivity contribution in [2.75, 3.05) is 13.2 Å². The SMILES string of the molecule is O=C(c1c[nH]c(=O)cn1)N1CCOc2c(O)cc(-c3cccnc3)cc2C1. The number of hydrogen-bond acceptors (Lipinski definition) is 6. The molecular formula is C19H16N4O4. The van der Waals surface area contributed by atoms with Crippen LogP contribution in [-0.2, 0) is 6.54 Å². The van der Waals surface area contributed by atoms with E-state index in [1.807, 2.05) is 18.2 Å². The zero-order chi connectivity index (χ0) is 18.8. The topological polar surface area (TPSA) is 108 Å². The number of benzene rings is 1. The van der Waals surface area contributed by atoms with E-state index in [0.29, 0.717) is 17.9 Å². The van der Waals surface area contributed by atoms with Gasteiger partial charge in [0, 0.05) is 36.3 Å². The molecule has 1 aliphatic rings. The quantitative estimate of drug-likeness (QED) is 0.715. The van der Waals surface area contributed by atoms with E-state index < -0.39 is 0 Å². The lowest BCUT2D eigenvalue weighted by Crippen LogP contribution is -2.33. The summed E-state index contributed by atoms with van der Waals surface area (Å²) in [5.41, 5.74) is 2.08. The monoisotopic (exact) mass is 364 g/mol. The fourth-order valence-corrected chi connectivity index (χ4v) is 2.99. The van der Waals surface area contributed by atoms with Crippen LogP contribution in [0.1, 0.15) is 16.1 Å². The number of ether oxygens (including phenoxy) is 1. The Kier molecular flexibility index (Phi) is 4.29. The van der Waals surface area contributed by atoms with Gasteiger partial charge in [-0.25, -0.2) is 4.98 Å². The number of amides is 1. The van der Waals surface area contributed by atoms with Crippen molar-refractivity contribution in [2.45, 2.75) is 6.54 Å². The van der Waals surface area contributed by atoms with Crippen LogP contribution in [0.2, 0.25) is 0 Å². The number of aromatic nitrogens is 3. The molecule has 3 aromatic rings. The number of aromatic amines is 1. The molecule has 0 aliphatic carbocycles. The van der Waals surface area contributed by atoms with Gasteiger partial charge in [-0.05, 0) is 23.8 Å². The summed E-state index contributed by atoms with van der Waals surface area (Å²) in [6.45, 7) is 0.814. The summed E-state index contributed by atoms with van der Waals surface area (Å²) in [6.07, 6.45) is 5.74. The minimum absolute atomic E-state index is 0.0165. The third kappa shape index (κ3) is 3.37. The average molecular weight is 364 g/mol. The summed E-state index contributed by atoms with van der Waals surface area (Å²) in [7, 11) is 0. The zero-order valence-electron chi connectivity index (χ0n) is 14.3. The molecule has 4 rings (SSSR count). The second kappa shape index (κ2) is 6.91. The van der Waals surface area contributed by atoms with Crippen LogP contribution in [0.25, 0.3) is 11.1 Å². The van der Waals surface area contributed by atoms with Gasteiger partial charge in [0.25, 0.3) is 11.5 Å². The molecule has 8 heteroatoms. The normalized spacial score (nSPS) is 13.4. The number of fused-ring (bicyclic) bond motifs is 1. The highest BCUT2D eigenvalue weighted by Crippen LogP contribution is 2.37. The number of rotatable bonds is 2. The van der Waals surface area contributed by atoms with Gasteiger partial charge in [0.1, 0.15) is 12.3 Å². The number of H-pyrrole nitrogens is 1. The highest BCUT2D eigenvalue weighted by molar-refractivity contribution is 5.92. The Hall–Kier alpha value is -3.68. The molecule has 0 fully saturated rings. The largest absolute Gasteiger partial charge is 0.504 e. The second-order valence-corrected chi connectivity index (χ2v) is 6.10. The Bertz CT molecular complexity index is 1030. The van der Waals surface area contributed by atoms with Crippen molar-refractivity contribution in [1.82, 2.24) is 19.9 Å². The average Bonchev–Trinajstić information content (AvgIpc) is 2.91. The van der Waals surface area contributed by atoms with E-state index in [1.165, 1.54) is 6.20 Å². The Labute approximate surface area is 154 Å².